The number of carbonyl (C=O) groups is 1. The van der Waals surface area contributed by atoms with Gasteiger partial charge < -0.3 is 0 Å². The Morgan fingerprint density at radius 2 is 1.70 bits per heavy atom. The van der Waals surface area contributed by atoms with Crippen molar-refractivity contribution in [3.05, 3.63) is 0 Å². The third-order valence-corrected chi connectivity index (χ3v) is 2.85. The third kappa shape index (κ3) is 0.727. The maximum absolute atomic E-state index is 10.7. The minimum atomic E-state index is 0.482. The Bertz CT molecular complexity index is 173. The van der Waals surface area contributed by atoms with Crippen LogP contribution >= 0.6 is 0 Å². The Kier molecular flexibility index (Phi) is 0.934. The van der Waals surface area contributed by atoms with Gasteiger partial charge in [-0.15, -0.1) is 0 Å². The molecule has 0 radical (unpaired) electrons. The molecule has 0 aromatic rings. The molecule has 1 heteroatoms. The standard InChI is InChI=1S/C9H14O/c1-8(2)5-9(6-8)3-7(10)4-9/h3-6H2,1-2H3. The second-order valence-electron chi connectivity index (χ2n) is 4.91. The van der Waals surface area contributed by atoms with Crippen molar-refractivity contribution in [2.45, 2.75) is 39.5 Å². The number of hydrogen-bond acceptors (Lipinski definition) is 1. The van der Waals surface area contributed by atoms with Gasteiger partial charge in [0.2, 0.25) is 0 Å². The van der Waals surface area contributed by atoms with Crippen LogP contribution in [-0.4, -0.2) is 5.78 Å². The molecule has 10 heavy (non-hydrogen) atoms. The zero-order valence-electron chi connectivity index (χ0n) is 6.74. The van der Waals surface area contributed by atoms with E-state index in [9.17, 15) is 4.79 Å². The van der Waals surface area contributed by atoms with Gasteiger partial charge in [0.15, 0.2) is 0 Å². The summed E-state index contributed by atoms with van der Waals surface area (Å²) in [6.45, 7) is 4.59. The summed E-state index contributed by atoms with van der Waals surface area (Å²) in [5, 5.41) is 0. The highest BCUT2D eigenvalue weighted by Gasteiger charge is 2.55. The van der Waals surface area contributed by atoms with Crippen LogP contribution < -0.4 is 0 Å². The van der Waals surface area contributed by atoms with Crippen LogP contribution in [0.3, 0.4) is 0 Å². The summed E-state index contributed by atoms with van der Waals surface area (Å²) in [5.74, 6) is 0.482. The molecule has 0 aromatic carbocycles. The highest BCUT2D eigenvalue weighted by atomic mass is 16.1. The second-order valence-corrected chi connectivity index (χ2v) is 4.91. The Hall–Kier alpha value is -0.330. The first-order valence-electron chi connectivity index (χ1n) is 4.03. The molecule has 2 fully saturated rings. The molecule has 0 N–H and O–H groups in total. The summed E-state index contributed by atoms with van der Waals surface area (Å²) in [7, 11) is 0. The topological polar surface area (TPSA) is 17.1 Å². The second kappa shape index (κ2) is 1.46. The molecule has 0 saturated heterocycles. The van der Waals surface area contributed by atoms with E-state index < -0.39 is 0 Å². The predicted molar refractivity (Wildman–Crippen MR) is 39.7 cm³/mol. The van der Waals surface area contributed by atoms with Crippen molar-refractivity contribution in [3.63, 3.8) is 0 Å². The number of rotatable bonds is 0. The molecule has 0 amide bonds. The van der Waals surface area contributed by atoms with Gasteiger partial charge in [0.1, 0.15) is 5.78 Å². The largest absolute Gasteiger partial charge is 0.300 e. The van der Waals surface area contributed by atoms with Gasteiger partial charge in [0.25, 0.3) is 0 Å². The van der Waals surface area contributed by atoms with Crippen molar-refractivity contribution in [1.82, 2.24) is 0 Å². The van der Waals surface area contributed by atoms with Gasteiger partial charge in [0, 0.05) is 12.8 Å². The van der Waals surface area contributed by atoms with Crippen LogP contribution in [0.5, 0.6) is 0 Å². The normalized spacial score (nSPS) is 33.2. The van der Waals surface area contributed by atoms with Crippen molar-refractivity contribution in [2.24, 2.45) is 10.8 Å². The molecule has 2 rings (SSSR count). The lowest BCUT2D eigenvalue weighted by Gasteiger charge is -2.57. The van der Waals surface area contributed by atoms with E-state index in [4.69, 9.17) is 0 Å². The summed E-state index contributed by atoms with van der Waals surface area (Å²) in [4.78, 5) is 10.7. The highest BCUT2D eigenvalue weighted by molar-refractivity contribution is 5.86. The molecular weight excluding hydrogens is 124 g/mol. The minimum absolute atomic E-state index is 0.482. The summed E-state index contributed by atoms with van der Waals surface area (Å²) in [5.41, 5.74) is 1.04. The van der Waals surface area contributed by atoms with Gasteiger partial charge in [-0.3, -0.25) is 4.79 Å². The Balaban J connectivity index is 1.96. The van der Waals surface area contributed by atoms with Crippen molar-refractivity contribution >= 4 is 5.78 Å². The SMILES string of the molecule is CC1(C)CC2(CC(=O)C2)C1. The Morgan fingerprint density at radius 1 is 1.20 bits per heavy atom. The average molecular weight is 138 g/mol. The van der Waals surface area contributed by atoms with Crippen LogP contribution in [0.25, 0.3) is 0 Å². The smallest absolute Gasteiger partial charge is 0.134 e. The van der Waals surface area contributed by atoms with Crippen molar-refractivity contribution < 1.29 is 4.79 Å². The molecule has 56 valence electrons. The zero-order chi connectivity index (χ0) is 7.41. The van der Waals surface area contributed by atoms with Gasteiger partial charge in [-0.1, -0.05) is 13.8 Å². The Labute approximate surface area is 61.8 Å². The van der Waals surface area contributed by atoms with E-state index in [1.165, 1.54) is 12.8 Å². The average Bonchev–Trinajstić information content (AvgIpc) is 1.55. The molecule has 0 bridgehead atoms. The molecule has 0 unspecified atom stereocenters. The van der Waals surface area contributed by atoms with E-state index in [-0.39, 0.29) is 0 Å². The lowest BCUT2D eigenvalue weighted by Crippen LogP contribution is -2.51. The van der Waals surface area contributed by atoms with E-state index in [0.717, 1.165) is 12.8 Å². The van der Waals surface area contributed by atoms with E-state index in [2.05, 4.69) is 13.8 Å². The van der Waals surface area contributed by atoms with Crippen LogP contribution in [0, 0.1) is 10.8 Å². The summed E-state index contributed by atoms with van der Waals surface area (Å²) in [6.07, 6.45) is 4.34. The first kappa shape index (κ1) is 6.38. The van der Waals surface area contributed by atoms with Gasteiger partial charge >= 0.3 is 0 Å². The highest BCUT2D eigenvalue weighted by Crippen LogP contribution is 2.62. The molecule has 0 aliphatic heterocycles. The van der Waals surface area contributed by atoms with Crippen molar-refractivity contribution in [3.8, 4) is 0 Å². The fraction of sp³-hybridized carbons (Fsp3) is 0.889. The van der Waals surface area contributed by atoms with Crippen molar-refractivity contribution in [2.75, 3.05) is 0 Å². The number of carbonyl (C=O) groups excluding carboxylic acids is 1. The molecule has 1 nitrogen and oxygen atoms in total. The van der Waals surface area contributed by atoms with Crippen LogP contribution in [0.2, 0.25) is 0 Å². The summed E-state index contributed by atoms with van der Waals surface area (Å²) in [6, 6.07) is 0. The number of Topliss-reactive ketones (excluding diaryl/α,β-unsaturated/α-hetero) is 1. The van der Waals surface area contributed by atoms with Crippen LogP contribution in [-0.2, 0) is 4.79 Å². The molecule has 2 aliphatic carbocycles. The number of hydrogen-bond donors (Lipinski definition) is 0. The van der Waals surface area contributed by atoms with E-state index >= 15 is 0 Å². The lowest BCUT2D eigenvalue weighted by molar-refractivity contribution is -0.148. The quantitative estimate of drug-likeness (QED) is 0.501. The van der Waals surface area contributed by atoms with Crippen molar-refractivity contribution in [1.29, 1.82) is 0 Å². The van der Waals surface area contributed by atoms with Gasteiger partial charge in [-0.25, -0.2) is 0 Å². The molecule has 0 aromatic heterocycles. The van der Waals surface area contributed by atoms with Crippen LogP contribution in [0.15, 0.2) is 0 Å². The molecular formula is C9H14O. The monoisotopic (exact) mass is 138 g/mol. The maximum atomic E-state index is 10.7. The fourth-order valence-electron chi connectivity index (χ4n) is 3.01. The molecule has 0 atom stereocenters. The lowest BCUT2D eigenvalue weighted by atomic mass is 9.46. The van der Waals surface area contributed by atoms with E-state index in [1.807, 2.05) is 0 Å². The van der Waals surface area contributed by atoms with Gasteiger partial charge in [-0.05, 0) is 23.7 Å². The molecule has 0 heterocycles. The number of ketones is 1. The van der Waals surface area contributed by atoms with E-state index in [1.54, 1.807) is 0 Å². The van der Waals surface area contributed by atoms with Crippen LogP contribution in [0.1, 0.15) is 39.5 Å². The first-order chi connectivity index (χ1) is 4.52. The maximum Gasteiger partial charge on any atom is 0.134 e. The molecule has 1 spiro atoms. The Morgan fingerprint density at radius 3 is 2.00 bits per heavy atom. The molecule has 2 aliphatic rings. The summed E-state index contributed by atoms with van der Waals surface area (Å²) < 4.78 is 0. The first-order valence-corrected chi connectivity index (χ1v) is 4.03. The summed E-state index contributed by atoms with van der Waals surface area (Å²) >= 11 is 0. The molecule has 2 saturated carbocycles. The van der Waals surface area contributed by atoms with Gasteiger partial charge in [-0.2, -0.15) is 0 Å². The predicted octanol–water partition coefficient (Wildman–Crippen LogP) is 2.16. The third-order valence-electron chi connectivity index (χ3n) is 2.85. The minimum Gasteiger partial charge on any atom is -0.300 e. The van der Waals surface area contributed by atoms with E-state index in [0.29, 0.717) is 16.6 Å². The van der Waals surface area contributed by atoms with Gasteiger partial charge in [0.05, 0.1) is 0 Å². The van der Waals surface area contributed by atoms with Crippen LogP contribution in [0.4, 0.5) is 0 Å². The fourth-order valence-corrected chi connectivity index (χ4v) is 3.01. The zero-order valence-corrected chi connectivity index (χ0v) is 6.74.